The number of aliphatic hydroxyl groups is 3. The zero-order valence-electron chi connectivity index (χ0n) is 35.9. The number of hydrogen-bond donors (Lipinski definition) is 5. The third-order valence-corrected chi connectivity index (χ3v) is 11.9. The highest BCUT2D eigenvalue weighted by Crippen LogP contribution is 2.32. The molecule has 1 fully saturated rings. The van der Waals surface area contributed by atoms with Gasteiger partial charge in [0, 0.05) is 19.4 Å². The zero-order valence-corrected chi connectivity index (χ0v) is 35.9. The molecule has 1 aromatic rings. The fourth-order valence-electron chi connectivity index (χ4n) is 8.14. The molecule has 1 heterocycles. The average molecular weight is 788 g/mol. The Morgan fingerprint density at radius 2 is 1.05 bits per heavy atom. The van der Waals surface area contributed by atoms with E-state index in [4.69, 9.17) is 16.2 Å². The second-order valence-corrected chi connectivity index (χ2v) is 16.9. The maximum absolute atomic E-state index is 13.9. The number of aliphatic hydroxyl groups excluding tert-OH is 3. The summed E-state index contributed by atoms with van der Waals surface area (Å²) in [6, 6.07) is 8.57. The second-order valence-electron chi connectivity index (χ2n) is 16.9. The van der Waals surface area contributed by atoms with E-state index in [-0.39, 0.29) is 31.1 Å². The molecule has 1 aliphatic heterocycles. The lowest BCUT2D eigenvalue weighted by molar-refractivity contribution is -0.309. The van der Waals surface area contributed by atoms with Crippen LogP contribution < -0.4 is 11.5 Å². The van der Waals surface area contributed by atoms with Crippen LogP contribution in [0.2, 0.25) is 0 Å². The number of carbonyl (C=O) groups is 2. The van der Waals surface area contributed by atoms with Gasteiger partial charge in [0.1, 0.15) is 18.3 Å². The first-order valence-corrected chi connectivity index (χ1v) is 23.3. The summed E-state index contributed by atoms with van der Waals surface area (Å²) in [6.45, 7) is 4.75. The number of rotatable bonds is 35. The zero-order chi connectivity index (χ0) is 40.9. The lowest BCUT2D eigenvalue weighted by Crippen LogP contribution is -2.76. The van der Waals surface area contributed by atoms with Gasteiger partial charge in [-0.15, -0.1) is 0 Å². The highest BCUT2D eigenvalue weighted by Gasteiger charge is 2.56. The third-order valence-electron chi connectivity index (χ3n) is 11.9. The van der Waals surface area contributed by atoms with Crippen molar-refractivity contribution in [3.63, 3.8) is 0 Å². The van der Waals surface area contributed by atoms with E-state index in [0.29, 0.717) is 19.3 Å². The van der Waals surface area contributed by atoms with Crippen LogP contribution >= 0.6 is 0 Å². The summed E-state index contributed by atoms with van der Waals surface area (Å²) in [5.74, 6) is -2.71. The number of Topliss-reactive ketones (excluding diaryl/α,β-unsaturated/α-hetero) is 1. The van der Waals surface area contributed by atoms with Crippen LogP contribution in [-0.2, 0) is 20.7 Å². The predicted octanol–water partition coefficient (Wildman–Crippen LogP) is 9.40. The lowest BCUT2D eigenvalue weighted by Gasteiger charge is -2.51. The molecule has 0 radical (unpaired) electrons. The van der Waals surface area contributed by atoms with Crippen LogP contribution in [0.3, 0.4) is 0 Å². The highest BCUT2D eigenvalue weighted by molar-refractivity contribution is 5.84. The minimum Gasteiger partial charge on any atom is -0.388 e. The minimum absolute atomic E-state index is 0.246. The summed E-state index contributed by atoms with van der Waals surface area (Å²) in [4.78, 5) is 28.5. The molecule has 6 atom stereocenters. The number of ether oxygens (including phenoxy) is 1. The Kier molecular flexibility index (Phi) is 27.9. The Balaban J connectivity index is 1.90. The van der Waals surface area contributed by atoms with E-state index in [1.165, 1.54) is 127 Å². The van der Waals surface area contributed by atoms with Gasteiger partial charge in [0.2, 0.25) is 11.8 Å². The van der Waals surface area contributed by atoms with Gasteiger partial charge in [-0.25, -0.2) is 0 Å². The number of hydrogen-bond acceptors (Lipinski definition) is 8. The fourth-order valence-corrected chi connectivity index (χ4v) is 8.14. The van der Waals surface area contributed by atoms with E-state index in [1.807, 2.05) is 30.3 Å². The molecule has 0 saturated carbocycles. The van der Waals surface area contributed by atoms with Crippen LogP contribution in [0.5, 0.6) is 0 Å². The average Bonchev–Trinajstić information content (AvgIpc) is 3.19. The van der Waals surface area contributed by atoms with Crippen molar-refractivity contribution in [3.8, 4) is 0 Å². The van der Waals surface area contributed by atoms with Gasteiger partial charge in [-0.05, 0) is 24.8 Å². The molecule has 1 aliphatic rings. The van der Waals surface area contributed by atoms with Crippen molar-refractivity contribution < 1.29 is 29.6 Å². The van der Waals surface area contributed by atoms with Gasteiger partial charge in [-0.2, -0.15) is 0 Å². The molecule has 0 bridgehead atoms. The van der Waals surface area contributed by atoms with Crippen LogP contribution in [0.15, 0.2) is 30.3 Å². The van der Waals surface area contributed by atoms with Crippen molar-refractivity contribution in [2.24, 2.45) is 11.5 Å². The van der Waals surface area contributed by atoms with Gasteiger partial charge >= 0.3 is 0 Å². The minimum atomic E-state index is -2.10. The molecule has 0 aromatic heterocycles. The first-order valence-electron chi connectivity index (χ1n) is 23.3. The number of nitrogens with two attached hydrogens (primary N) is 2. The van der Waals surface area contributed by atoms with Crippen LogP contribution in [0.4, 0.5) is 0 Å². The number of amides is 1. The molecular formula is C47H85N3O6. The topological polar surface area (TPSA) is 159 Å². The van der Waals surface area contributed by atoms with Crippen molar-refractivity contribution in [1.29, 1.82) is 0 Å². The Bertz CT molecular complexity index is 1120. The monoisotopic (exact) mass is 788 g/mol. The van der Waals surface area contributed by atoms with E-state index in [0.717, 1.165) is 44.1 Å². The first-order chi connectivity index (χ1) is 27.2. The first kappa shape index (κ1) is 50.3. The van der Waals surface area contributed by atoms with Crippen LogP contribution in [0.1, 0.15) is 206 Å². The number of unbranched alkanes of at least 4 members (excludes halogenated alkanes) is 25. The molecule has 1 amide bonds. The van der Waals surface area contributed by atoms with Crippen molar-refractivity contribution >= 4 is 11.7 Å². The summed E-state index contributed by atoms with van der Waals surface area (Å²) in [7, 11) is 0. The van der Waals surface area contributed by atoms with Gasteiger partial charge in [-0.1, -0.05) is 205 Å². The van der Waals surface area contributed by atoms with E-state index in [9.17, 15) is 24.9 Å². The molecule has 1 saturated heterocycles. The van der Waals surface area contributed by atoms with Gasteiger partial charge in [0.15, 0.2) is 5.78 Å². The van der Waals surface area contributed by atoms with E-state index < -0.39 is 36.3 Å². The summed E-state index contributed by atoms with van der Waals surface area (Å²) in [5, 5.41) is 33.2. The molecular weight excluding hydrogens is 703 g/mol. The van der Waals surface area contributed by atoms with Crippen molar-refractivity contribution in [2.75, 3.05) is 6.54 Å². The number of carbonyl (C=O) groups excluding carboxylic acids is 2. The van der Waals surface area contributed by atoms with Gasteiger partial charge < -0.3 is 25.8 Å². The fraction of sp³-hybridized carbons (Fsp3) is 0.830. The van der Waals surface area contributed by atoms with Crippen LogP contribution in [-0.4, -0.2) is 74.8 Å². The Morgan fingerprint density at radius 1 is 0.643 bits per heavy atom. The largest absolute Gasteiger partial charge is 0.388 e. The summed E-state index contributed by atoms with van der Waals surface area (Å²) >= 11 is 0. The maximum Gasteiger partial charge on any atom is 0.227 e. The Labute approximate surface area is 342 Å². The van der Waals surface area contributed by atoms with Crippen LogP contribution in [0, 0.1) is 0 Å². The molecule has 0 unspecified atom stereocenters. The van der Waals surface area contributed by atoms with E-state index >= 15 is 0 Å². The smallest absolute Gasteiger partial charge is 0.227 e. The summed E-state index contributed by atoms with van der Waals surface area (Å²) < 4.78 is 6.16. The molecule has 0 aliphatic carbocycles. The van der Waals surface area contributed by atoms with E-state index in [2.05, 4.69) is 13.8 Å². The standard InChI is InChI=1S/C47H85N3O6/c1-3-5-7-9-11-13-15-17-18-19-20-22-24-26-31-35-43(52)50(36-32-27-25-23-21-16-14-12-10-8-6-4-2)47(49)46(55)45(54)44(53)42(56-47)38-41(51)40(48)37-39-33-29-28-30-34-39/h28-30,33-34,40,42,44-46,53-55H,3-27,31-32,35-38,48-49H2,1-2H3/t40-,42+,44+,45-,46+,47-/m0/s1. The molecule has 1 aromatic carbocycles. The number of nitrogens with zero attached hydrogens (tertiary/aromatic N) is 1. The van der Waals surface area contributed by atoms with Gasteiger partial charge in [0.05, 0.1) is 12.1 Å². The lowest BCUT2D eigenvalue weighted by atomic mass is 9.89. The molecule has 324 valence electrons. The quantitative estimate of drug-likeness (QED) is 0.0336. The number of benzene rings is 1. The molecule has 9 nitrogen and oxygen atoms in total. The third kappa shape index (κ3) is 20.2. The second kappa shape index (κ2) is 31.1. The SMILES string of the molecule is CCCCCCCCCCCCCCCCCC(=O)N(CCCCCCCCCCCCCC)[C@]1(N)O[C@H](CC(=O)[C@@H](N)Cc2ccccc2)[C@@H](O)[C@H](O)[C@H]1O. The summed E-state index contributed by atoms with van der Waals surface area (Å²) in [6.07, 6.45) is 26.4. The van der Waals surface area contributed by atoms with Crippen molar-refractivity contribution in [2.45, 2.75) is 243 Å². The van der Waals surface area contributed by atoms with Gasteiger partial charge in [-0.3, -0.25) is 20.2 Å². The normalized spacial score (nSPS) is 21.6. The Hall–Kier alpha value is -1.88. The predicted molar refractivity (Wildman–Crippen MR) is 230 cm³/mol. The molecule has 7 N–H and O–H groups in total. The Morgan fingerprint density at radius 3 is 1.50 bits per heavy atom. The van der Waals surface area contributed by atoms with Crippen molar-refractivity contribution in [3.05, 3.63) is 35.9 Å². The maximum atomic E-state index is 13.9. The van der Waals surface area contributed by atoms with Crippen molar-refractivity contribution in [1.82, 2.24) is 4.90 Å². The van der Waals surface area contributed by atoms with Crippen LogP contribution in [0.25, 0.3) is 0 Å². The number of ketones is 1. The molecule has 2 rings (SSSR count). The molecule has 0 spiro atoms. The highest BCUT2D eigenvalue weighted by atomic mass is 16.6. The molecule has 56 heavy (non-hydrogen) atoms. The molecule has 9 heteroatoms. The van der Waals surface area contributed by atoms with E-state index in [1.54, 1.807) is 0 Å². The van der Waals surface area contributed by atoms with Gasteiger partial charge in [0.25, 0.3) is 0 Å². The summed E-state index contributed by atoms with van der Waals surface area (Å²) in [5.41, 5.74) is 13.9.